The Morgan fingerprint density at radius 1 is 1.11 bits per heavy atom. The predicted molar refractivity (Wildman–Crippen MR) is 74.1 cm³/mol. The van der Waals surface area contributed by atoms with Gasteiger partial charge in [-0.05, 0) is 60.1 Å². The van der Waals surface area contributed by atoms with E-state index in [0.717, 1.165) is 9.13 Å². The number of halogens is 4. The summed E-state index contributed by atoms with van der Waals surface area (Å²) in [6.07, 6.45) is 4.52. The third-order valence-electron chi connectivity index (χ3n) is 2.89. The number of benzene rings is 1. The van der Waals surface area contributed by atoms with Crippen molar-refractivity contribution in [3.05, 3.63) is 31.4 Å². The molecule has 0 saturated heterocycles. The number of hydrogen-bond acceptors (Lipinski definition) is 0. The van der Waals surface area contributed by atoms with Crippen molar-refractivity contribution in [3.63, 3.8) is 0 Å². The van der Waals surface area contributed by atoms with Crippen LogP contribution in [0.5, 0.6) is 0 Å². The molecule has 0 radical (unpaired) electrons. The van der Waals surface area contributed by atoms with Gasteiger partial charge in [-0.2, -0.15) is 0 Å². The minimum absolute atomic E-state index is 0. The zero-order valence-corrected chi connectivity index (χ0v) is 16.2. The van der Waals surface area contributed by atoms with Crippen LogP contribution < -0.4 is 51.4 Å². The van der Waals surface area contributed by atoms with E-state index < -0.39 is 13.3 Å². The van der Waals surface area contributed by atoms with Crippen LogP contribution in [0.15, 0.2) is 0 Å². The first-order valence-electron chi connectivity index (χ1n) is 5.14. The minimum atomic E-state index is -4.84. The van der Waals surface area contributed by atoms with E-state index in [2.05, 4.69) is 28.5 Å². The van der Waals surface area contributed by atoms with Crippen molar-refractivity contribution in [1.82, 2.24) is 0 Å². The quantitative estimate of drug-likeness (QED) is 0.404. The van der Waals surface area contributed by atoms with E-state index in [1.807, 2.05) is 6.92 Å². The number of rotatable bonds is 2. The molecular weight excluding hydrogens is 378 g/mol. The SMILES string of the molecule is C#Cc1c(C)c(I)c(C)c(C[B-](F)(F)F)c1C.[K+]. The summed E-state index contributed by atoms with van der Waals surface area (Å²) in [6, 6.07) is 0. The average Bonchev–Trinajstić information content (AvgIpc) is 2.21. The molecule has 0 spiro atoms. The van der Waals surface area contributed by atoms with Crippen molar-refractivity contribution in [2.75, 3.05) is 0 Å². The second kappa shape index (κ2) is 7.14. The molecule has 0 saturated carbocycles. The summed E-state index contributed by atoms with van der Waals surface area (Å²) in [5.41, 5.74) is 3.10. The molecule has 0 nitrogen and oxygen atoms in total. The van der Waals surface area contributed by atoms with Crippen molar-refractivity contribution >= 4 is 29.6 Å². The Bertz CT molecular complexity index is 504. The van der Waals surface area contributed by atoms with Crippen LogP contribution in [0.3, 0.4) is 0 Å². The van der Waals surface area contributed by atoms with Crippen LogP contribution >= 0.6 is 22.6 Å². The summed E-state index contributed by atoms with van der Waals surface area (Å²) in [5.74, 6) is 2.49. The van der Waals surface area contributed by atoms with Gasteiger partial charge in [0.05, 0.1) is 0 Å². The second-order valence-electron chi connectivity index (χ2n) is 4.10. The number of terminal acetylenes is 1. The van der Waals surface area contributed by atoms with Crippen LogP contribution in [0.25, 0.3) is 0 Å². The molecule has 92 valence electrons. The van der Waals surface area contributed by atoms with Gasteiger partial charge in [-0.1, -0.05) is 17.8 Å². The molecule has 1 rings (SSSR count). The molecule has 0 fully saturated rings. The van der Waals surface area contributed by atoms with Crippen LogP contribution in [0, 0.1) is 36.7 Å². The molecule has 0 bridgehead atoms. The molecule has 18 heavy (non-hydrogen) atoms. The first kappa shape index (κ1) is 19.0. The van der Waals surface area contributed by atoms with Gasteiger partial charge in [0, 0.05) is 9.13 Å². The van der Waals surface area contributed by atoms with Gasteiger partial charge < -0.3 is 12.9 Å². The fraction of sp³-hybridized carbons (Fsp3) is 0.333. The standard InChI is InChI=1S/C12H12BF3I.K/c1-5-10-7(2)11(6-13(14,15)16)9(4)12(17)8(10)3;/h1H,6H2,2-4H3;/q-1;+1. The topological polar surface area (TPSA) is 0 Å². The number of hydrogen-bond donors (Lipinski definition) is 0. The molecule has 0 heterocycles. The van der Waals surface area contributed by atoms with Crippen LogP contribution in [0.1, 0.15) is 27.8 Å². The molecule has 1 aromatic rings. The first-order chi connectivity index (χ1) is 7.69. The maximum atomic E-state index is 12.6. The summed E-state index contributed by atoms with van der Waals surface area (Å²) < 4.78 is 38.6. The average molecular weight is 390 g/mol. The molecule has 0 N–H and O–H groups in total. The van der Waals surface area contributed by atoms with Crippen molar-refractivity contribution < 1.29 is 64.3 Å². The molecule has 0 aliphatic rings. The van der Waals surface area contributed by atoms with Crippen molar-refractivity contribution in [3.8, 4) is 12.3 Å². The summed E-state index contributed by atoms with van der Waals surface area (Å²) in [4.78, 5) is 0. The fourth-order valence-corrected chi connectivity index (χ4v) is 2.59. The van der Waals surface area contributed by atoms with E-state index in [-0.39, 0.29) is 51.4 Å². The smallest absolute Gasteiger partial charge is 0.449 e. The van der Waals surface area contributed by atoms with Gasteiger partial charge in [0.15, 0.2) is 0 Å². The van der Waals surface area contributed by atoms with Gasteiger partial charge in [0.1, 0.15) is 0 Å². The van der Waals surface area contributed by atoms with E-state index in [1.54, 1.807) is 13.8 Å². The summed E-state index contributed by atoms with van der Waals surface area (Å²) >= 11 is 2.06. The summed E-state index contributed by atoms with van der Waals surface area (Å²) in [6.45, 7) is 0.399. The largest absolute Gasteiger partial charge is 1.00 e. The molecule has 0 aromatic heterocycles. The third-order valence-corrected chi connectivity index (χ3v) is 4.51. The second-order valence-corrected chi connectivity index (χ2v) is 5.18. The Morgan fingerprint density at radius 3 is 2.00 bits per heavy atom. The van der Waals surface area contributed by atoms with Crippen LogP contribution in [-0.2, 0) is 6.32 Å². The molecular formula is C12H12BF3IK. The molecule has 0 unspecified atom stereocenters. The molecule has 0 amide bonds. The molecule has 1 aromatic carbocycles. The normalized spacial score (nSPS) is 10.8. The van der Waals surface area contributed by atoms with E-state index in [0.29, 0.717) is 22.3 Å². The Hall–Kier alpha value is 1.00. The minimum Gasteiger partial charge on any atom is -0.449 e. The van der Waals surface area contributed by atoms with Gasteiger partial charge in [-0.15, -0.1) is 6.42 Å². The van der Waals surface area contributed by atoms with Gasteiger partial charge >= 0.3 is 58.4 Å². The Kier molecular flexibility index (Phi) is 7.53. The van der Waals surface area contributed by atoms with E-state index in [1.165, 1.54) is 0 Å². The zero-order valence-electron chi connectivity index (χ0n) is 10.9. The van der Waals surface area contributed by atoms with Crippen LogP contribution in [-0.4, -0.2) is 6.98 Å². The molecule has 6 heteroatoms. The van der Waals surface area contributed by atoms with Crippen molar-refractivity contribution in [1.29, 1.82) is 0 Å². The van der Waals surface area contributed by atoms with Crippen LogP contribution in [0.2, 0.25) is 0 Å². The molecule has 0 aliphatic heterocycles. The molecule has 0 atom stereocenters. The van der Waals surface area contributed by atoms with E-state index in [4.69, 9.17) is 6.42 Å². The summed E-state index contributed by atoms with van der Waals surface area (Å²) in [7, 11) is 0. The van der Waals surface area contributed by atoms with Gasteiger partial charge in [0.25, 0.3) is 0 Å². The van der Waals surface area contributed by atoms with Crippen molar-refractivity contribution in [2.24, 2.45) is 0 Å². The summed E-state index contributed by atoms with van der Waals surface area (Å²) in [5, 5.41) is 0. The Morgan fingerprint density at radius 2 is 1.61 bits per heavy atom. The van der Waals surface area contributed by atoms with Crippen molar-refractivity contribution in [2.45, 2.75) is 27.1 Å². The third kappa shape index (κ3) is 4.25. The van der Waals surface area contributed by atoms with E-state index >= 15 is 0 Å². The Labute approximate surface area is 162 Å². The zero-order chi connectivity index (χ0) is 13.4. The first-order valence-corrected chi connectivity index (χ1v) is 6.22. The van der Waals surface area contributed by atoms with Crippen LogP contribution in [0.4, 0.5) is 12.9 Å². The maximum absolute atomic E-state index is 12.6. The molecule has 0 aliphatic carbocycles. The monoisotopic (exact) mass is 390 g/mol. The van der Waals surface area contributed by atoms with Gasteiger partial charge in [-0.3, -0.25) is 0 Å². The van der Waals surface area contributed by atoms with E-state index in [9.17, 15) is 12.9 Å². The predicted octanol–water partition coefficient (Wildman–Crippen LogP) is 1.13. The van der Waals surface area contributed by atoms with Gasteiger partial charge in [-0.25, -0.2) is 0 Å². The van der Waals surface area contributed by atoms with Gasteiger partial charge in [0.2, 0.25) is 0 Å². The fourth-order valence-electron chi connectivity index (χ4n) is 1.99. The maximum Gasteiger partial charge on any atom is 1.00 e. The Balaban J connectivity index is 0.00000289.